The van der Waals surface area contributed by atoms with Crippen LogP contribution in [0.5, 0.6) is 11.5 Å². The molecule has 1 aliphatic rings. The van der Waals surface area contributed by atoms with Gasteiger partial charge in [0, 0.05) is 11.6 Å². The molecule has 2 rings (SSSR count). The molecule has 1 unspecified atom stereocenters. The zero-order valence-corrected chi connectivity index (χ0v) is 7.58. The average molecular weight is 179 g/mol. The van der Waals surface area contributed by atoms with Gasteiger partial charge in [0.2, 0.25) is 0 Å². The molecule has 0 amide bonds. The van der Waals surface area contributed by atoms with Gasteiger partial charge in [-0.15, -0.1) is 0 Å². The van der Waals surface area contributed by atoms with E-state index in [9.17, 15) is 5.11 Å². The molecular formula is C10H13NO2. The van der Waals surface area contributed by atoms with E-state index in [0.29, 0.717) is 6.61 Å². The van der Waals surface area contributed by atoms with E-state index in [2.05, 4.69) is 0 Å². The van der Waals surface area contributed by atoms with Gasteiger partial charge in [0.25, 0.3) is 0 Å². The van der Waals surface area contributed by atoms with Crippen LogP contribution >= 0.6 is 0 Å². The summed E-state index contributed by atoms with van der Waals surface area (Å²) in [6, 6.07) is 3.35. The largest absolute Gasteiger partial charge is 0.508 e. The van der Waals surface area contributed by atoms with Gasteiger partial charge in [-0.05, 0) is 18.1 Å². The van der Waals surface area contributed by atoms with Crippen LogP contribution in [0.3, 0.4) is 0 Å². The Kier molecular flexibility index (Phi) is 1.88. The Hall–Kier alpha value is -1.22. The van der Waals surface area contributed by atoms with Crippen molar-refractivity contribution in [2.45, 2.75) is 19.4 Å². The first-order valence-electron chi connectivity index (χ1n) is 4.46. The van der Waals surface area contributed by atoms with E-state index in [-0.39, 0.29) is 11.8 Å². The van der Waals surface area contributed by atoms with Crippen molar-refractivity contribution < 1.29 is 9.84 Å². The quantitative estimate of drug-likeness (QED) is 0.684. The van der Waals surface area contributed by atoms with Crippen LogP contribution in [0.1, 0.15) is 24.1 Å². The first kappa shape index (κ1) is 8.38. The molecule has 1 aliphatic heterocycles. The number of ether oxygens (including phenoxy) is 1. The van der Waals surface area contributed by atoms with Crippen molar-refractivity contribution in [1.29, 1.82) is 0 Å². The fraction of sp³-hybridized carbons (Fsp3) is 0.400. The first-order valence-corrected chi connectivity index (χ1v) is 4.46. The zero-order valence-electron chi connectivity index (χ0n) is 7.58. The summed E-state index contributed by atoms with van der Waals surface area (Å²) in [6.45, 7) is 2.56. The maximum atomic E-state index is 9.37. The van der Waals surface area contributed by atoms with Gasteiger partial charge in [-0.2, -0.15) is 0 Å². The number of benzene rings is 1. The standard InChI is InChI=1S/C10H13NO2/c1-2-6-3-7(12)4-9-10(6)8(11)5-13-9/h3-4,8,12H,2,5,11H2,1H3. The van der Waals surface area contributed by atoms with Gasteiger partial charge in [-0.25, -0.2) is 0 Å². The summed E-state index contributed by atoms with van der Waals surface area (Å²) in [5.74, 6) is 0.994. The zero-order chi connectivity index (χ0) is 9.42. The van der Waals surface area contributed by atoms with Gasteiger partial charge in [0.1, 0.15) is 18.1 Å². The SMILES string of the molecule is CCc1cc(O)cc2c1C(N)CO2. The van der Waals surface area contributed by atoms with Crippen LogP contribution < -0.4 is 10.5 Å². The lowest BCUT2D eigenvalue weighted by Crippen LogP contribution is -2.12. The lowest BCUT2D eigenvalue weighted by Gasteiger charge is -2.08. The third-order valence-corrected chi connectivity index (χ3v) is 2.38. The highest BCUT2D eigenvalue weighted by Crippen LogP contribution is 2.37. The van der Waals surface area contributed by atoms with Crippen LogP contribution in [-0.2, 0) is 6.42 Å². The average Bonchev–Trinajstić information content (AvgIpc) is 2.46. The number of hydrogen-bond acceptors (Lipinski definition) is 3. The molecule has 3 N–H and O–H groups in total. The van der Waals surface area contributed by atoms with Crippen molar-refractivity contribution in [1.82, 2.24) is 0 Å². The molecule has 13 heavy (non-hydrogen) atoms. The Morgan fingerprint density at radius 2 is 2.38 bits per heavy atom. The molecule has 1 aromatic rings. The third kappa shape index (κ3) is 1.25. The van der Waals surface area contributed by atoms with E-state index in [1.165, 1.54) is 0 Å². The van der Waals surface area contributed by atoms with E-state index in [4.69, 9.17) is 10.5 Å². The molecule has 0 aliphatic carbocycles. The summed E-state index contributed by atoms with van der Waals surface area (Å²) >= 11 is 0. The molecular weight excluding hydrogens is 166 g/mol. The minimum absolute atomic E-state index is 0.0365. The second-order valence-electron chi connectivity index (χ2n) is 3.29. The molecule has 3 heteroatoms. The number of hydrogen-bond donors (Lipinski definition) is 2. The van der Waals surface area contributed by atoms with Crippen LogP contribution in [0.2, 0.25) is 0 Å². The predicted octanol–water partition coefficient (Wildman–Crippen LogP) is 1.35. The molecule has 0 aromatic heterocycles. The lowest BCUT2D eigenvalue weighted by molar-refractivity contribution is 0.332. The number of aromatic hydroxyl groups is 1. The summed E-state index contributed by atoms with van der Waals surface area (Å²) in [5, 5.41) is 9.37. The van der Waals surface area contributed by atoms with Crippen molar-refractivity contribution in [3.63, 3.8) is 0 Å². The van der Waals surface area contributed by atoms with Crippen molar-refractivity contribution in [2.75, 3.05) is 6.61 Å². The van der Waals surface area contributed by atoms with Crippen molar-refractivity contribution in [3.05, 3.63) is 23.3 Å². The molecule has 1 aromatic carbocycles. The number of nitrogens with two attached hydrogens (primary N) is 1. The molecule has 3 nitrogen and oxygen atoms in total. The number of phenolic OH excluding ortho intramolecular Hbond substituents is 1. The maximum Gasteiger partial charge on any atom is 0.128 e. The van der Waals surface area contributed by atoms with Gasteiger partial charge in [-0.3, -0.25) is 0 Å². The Bertz CT molecular complexity index is 336. The molecule has 70 valence electrons. The molecule has 0 saturated carbocycles. The monoisotopic (exact) mass is 179 g/mol. The van der Waals surface area contributed by atoms with Gasteiger partial charge >= 0.3 is 0 Å². The molecule has 0 spiro atoms. The Balaban J connectivity index is 2.57. The number of fused-ring (bicyclic) bond motifs is 1. The molecule has 0 fully saturated rings. The summed E-state index contributed by atoms with van der Waals surface area (Å²) in [6.07, 6.45) is 0.869. The Labute approximate surface area is 77.1 Å². The second-order valence-corrected chi connectivity index (χ2v) is 3.29. The van der Waals surface area contributed by atoms with E-state index < -0.39 is 0 Å². The van der Waals surface area contributed by atoms with Crippen molar-refractivity contribution >= 4 is 0 Å². The smallest absolute Gasteiger partial charge is 0.128 e. The number of aryl methyl sites for hydroxylation is 1. The van der Waals surface area contributed by atoms with Gasteiger partial charge in [-0.1, -0.05) is 6.92 Å². The first-order chi connectivity index (χ1) is 6.22. The predicted molar refractivity (Wildman–Crippen MR) is 49.9 cm³/mol. The van der Waals surface area contributed by atoms with Crippen LogP contribution in [0.25, 0.3) is 0 Å². The van der Waals surface area contributed by atoms with E-state index >= 15 is 0 Å². The normalized spacial score (nSPS) is 19.7. The van der Waals surface area contributed by atoms with Crippen molar-refractivity contribution in [3.8, 4) is 11.5 Å². The minimum Gasteiger partial charge on any atom is -0.508 e. The van der Waals surface area contributed by atoms with E-state index in [0.717, 1.165) is 23.3 Å². The molecule has 1 heterocycles. The highest BCUT2D eigenvalue weighted by Gasteiger charge is 2.23. The van der Waals surface area contributed by atoms with Crippen LogP contribution in [0, 0.1) is 0 Å². The van der Waals surface area contributed by atoms with Crippen LogP contribution in [-0.4, -0.2) is 11.7 Å². The highest BCUT2D eigenvalue weighted by molar-refractivity contribution is 5.49. The second kappa shape index (κ2) is 2.92. The summed E-state index contributed by atoms with van der Waals surface area (Å²) in [4.78, 5) is 0. The van der Waals surface area contributed by atoms with Crippen LogP contribution in [0.15, 0.2) is 12.1 Å². The topological polar surface area (TPSA) is 55.5 Å². The van der Waals surface area contributed by atoms with E-state index in [1.807, 2.05) is 6.92 Å². The fourth-order valence-electron chi connectivity index (χ4n) is 1.76. The molecule has 1 atom stereocenters. The van der Waals surface area contributed by atoms with Gasteiger partial charge in [0.15, 0.2) is 0 Å². The summed E-state index contributed by atoms with van der Waals surface area (Å²) in [7, 11) is 0. The minimum atomic E-state index is -0.0365. The molecule has 0 saturated heterocycles. The fourth-order valence-corrected chi connectivity index (χ4v) is 1.76. The maximum absolute atomic E-state index is 9.37. The van der Waals surface area contributed by atoms with Crippen LogP contribution in [0.4, 0.5) is 0 Å². The number of phenols is 1. The Morgan fingerprint density at radius 3 is 3.08 bits per heavy atom. The van der Waals surface area contributed by atoms with E-state index in [1.54, 1.807) is 12.1 Å². The number of rotatable bonds is 1. The van der Waals surface area contributed by atoms with Gasteiger partial charge < -0.3 is 15.6 Å². The highest BCUT2D eigenvalue weighted by atomic mass is 16.5. The lowest BCUT2D eigenvalue weighted by atomic mass is 10.00. The summed E-state index contributed by atoms with van der Waals surface area (Å²) < 4.78 is 5.35. The van der Waals surface area contributed by atoms with Crippen molar-refractivity contribution in [2.24, 2.45) is 5.73 Å². The summed E-state index contributed by atoms with van der Waals surface area (Å²) in [5.41, 5.74) is 8.01. The Morgan fingerprint density at radius 1 is 1.62 bits per heavy atom. The van der Waals surface area contributed by atoms with Gasteiger partial charge in [0.05, 0.1) is 6.04 Å². The third-order valence-electron chi connectivity index (χ3n) is 2.38. The molecule has 0 bridgehead atoms. The molecule has 0 radical (unpaired) electrons.